The molecular formula is C28H29ClN2O2. The van der Waals surface area contributed by atoms with Crippen LogP contribution in [0.15, 0.2) is 78.9 Å². The van der Waals surface area contributed by atoms with Crippen LogP contribution in [0.2, 0.25) is 5.02 Å². The number of nitrogens with zero attached hydrogens (tertiary/aromatic N) is 1. The summed E-state index contributed by atoms with van der Waals surface area (Å²) in [5.41, 5.74) is 5.18. The molecule has 0 bridgehead atoms. The van der Waals surface area contributed by atoms with Crippen molar-refractivity contribution in [2.24, 2.45) is 0 Å². The Balaban J connectivity index is 1.28. The van der Waals surface area contributed by atoms with Gasteiger partial charge in [0, 0.05) is 42.6 Å². The summed E-state index contributed by atoms with van der Waals surface area (Å²) in [7, 11) is 2.18. The average molecular weight is 461 g/mol. The van der Waals surface area contributed by atoms with Gasteiger partial charge >= 0.3 is 0 Å². The highest BCUT2D eigenvalue weighted by Gasteiger charge is 2.18. The van der Waals surface area contributed by atoms with Crippen LogP contribution in [0.5, 0.6) is 0 Å². The van der Waals surface area contributed by atoms with Crippen LogP contribution in [0.1, 0.15) is 24.0 Å². The van der Waals surface area contributed by atoms with Crippen molar-refractivity contribution in [3.05, 3.63) is 95.0 Å². The maximum Gasteiger partial charge on any atom is 0.248 e. The number of ether oxygens (including phenoxy) is 1. The zero-order valence-electron chi connectivity index (χ0n) is 18.8. The van der Waals surface area contributed by atoms with E-state index in [1.54, 1.807) is 6.08 Å². The van der Waals surface area contributed by atoms with Crippen LogP contribution >= 0.6 is 11.6 Å². The topological polar surface area (TPSA) is 41.6 Å². The Bertz CT molecular complexity index is 1070. The molecule has 1 aliphatic rings. The van der Waals surface area contributed by atoms with Crippen molar-refractivity contribution in [2.45, 2.75) is 25.4 Å². The molecule has 33 heavy (non-hydrogen) atoms. The van der Waals surface area contributed by atoms with Crippen LogP contribution in [0.3, 0.4) is 0 Å². The smallest absolute Gasteiger partial charge is 0.248 e. The molecule has 1 aliphatic heterocycles. The fourth-order valence-electron chi connectivity index (χ4n) is 4.02. The van der Waals surface area contributed by atoms with E-state index in [0.29, 0.717) is 11.1 Å². The first-order valence-corrected chi connectivity index (χ1v) is 11.7. The zero-order chi connectivity index (χ0) is 23.0. The number of benzene rings is 3. The van der Waals surface area contributed by atoms with Gasteiger partial charge in [0.25, 0.3) is 0 Å². The minimum Gasteiger partial charge on any atom is -0.381 e. The van der Waals surface area contributed by atoms with E-state index in [4.69, 9.17) is 16.3 Å². The highest BCUT2D eigenvalue weighted by molar-refractivity contribution is 6.30. The summed E-state index contributed by atoms with van der Waals surface area (Å²) >= 11 is 5.95. The minimum atomic E-state index is -0.155. The van der Waals surface area contributed by atoms with Crippen LogP contribution in [-0.4, -0.2) is 37.1 Å². The van der Waals surface area contributed by atoms with E-state index in [-0.39, 0.29) is 5.91 Å². The molecule has 1 heterocycles. The van der Waals surface area contributed by atoms with Gasteiger partial charge in [-0.2, -0.15) is 0 Å². The molecule has 1 saturated heterocycles. The molecule has 0 aromatic heterocycles. The maximum absolute atomic E-state index is 12.3. The van der Waals surface area contributed by atoms with Gasteiger partial charge in [0.15, 0.2) is 0 Å². The van der Waals surface area contributed by atoms with Gasteiger partial charge in [0.05, 0.1) is 0 Å². The lowest BCUT2D eigenvalue weighted by atomic mass is 10.1. The molecule has 1 N–H and O–H groups in total. The second kappa shape index (κ2) is 11.3. The molecule has 1 fully saturated rings. The number of carbonyl (C=O) groups is 1. The maximum atomic E-state index is 12.3. The standard InChI is InChI=1S/C28H29ClN2O2/c1-31(27-16-18-33-19-17-27)20-22-4-2-21(3-5-22)6-15-28(32)30-26-13-9-24(10-14-26)23-7-11-25(29)12-8-23/h2-15,27H,16-20H2,1H3,(H,30,32)/b15-6+. The van der Waals surface area contributed by atoms with E-state index in [2.05, 4.69) is 41.5 Å². The summed E-state index contributed by atoms with van der Waals surface area (Å²) in [6.07, 6.45) is 5.59. The van der Waals surface area contributed by atoms with E-state index in [1.165, 1.54) is 5.56 Å². The Morgan fingerprint density at radius 2 is 1.58 bits per heavy atom. The zero-order valence-corrected chi connectivity index (χ0v) is 19.6. The van der Waals surface area contributed by atoms with Crippen LogP contribution in [0, 0.1) is 0 Å². The molecule has 0 unspecified atom stereocenters. The summed E-state index contributed by atoms with van der Waals surface area (Å²) in [6.45, 7) is 2.63. The molecule has 0 saturated carbocycles. The highest BCUT2D eigenvalue weighted by atomic mass is 35.5. The third-order valence-corrected chi connectivity index (χ3v) is 6.23. The number of carbonyl (C=O) groups excluding carboxylic acids is 1. The molecule has 3 aromatic rings. The largest absolute Gasteiger partial charge is 0.381 e. The van der Waals surface area contributed by atoms with Crippen molar-refractivity contribution in [2.75, 3.05) is 25.6 Å². The van der Waals surface area contributed by atoms with Gasteiger partial charge in [-0.1, -0.05) is 60.1 Å². The third-order valence-electron chi connectivity index (χ3n) is 5.98. The highest BCUT2D eigenvalue weighted by Crippen LogP contribution is 2.23. The normalized spacial score (nSPS) is 14.6. The van der Waals surface area contributed by atoms with Crippen molar-refractivity contribution < 1.29 is 9.53 Å². The number of halogens is 1. The van der Waals surface area contributed by atoms with E-state index in [1.807, 2.05) is 54.6 Å². The SMILES string of the molecule is CN(Cc1ccc(/C=C/C(=O)Nc2ccc(-c3ccc(Cl)cc3)cc2)cc1)C1CCOCC1. The summed E-state index contributed by atoms with van der Waals surface area (Å²) in [6, 6.07) is 24.4. The number of hydrogen-bond acceptors (Lipinski definition) is 3. The van der Waals surface area contributed by atoms with E-state index in [0.717, 1.165) is 55.0 Å². The lowest BCUT2D eigenvalue weighted by molar-refractivity contribution is -0.111. The van der Waals surface area contributed by atoms with Crippen molar-refractivity contribution in [1.82, 2.24) is 4.90 Å². The van der Waals surface area contributed by atoms with Gasteiger partial charge in [0.2, 0.25) is 5.91 Å². The van der Waals surface area contributed by atoms with Crippen LogP contribution < -0.4 is 5.32 Å². The first kappa shape index (κ1) is 23.2. The number of amides is 1. The van der Waals surface area contributed by atoms with Gasteiger partial charge in [-0.25, -0.2) is 0 Å². The fraction of sp³-hybridized carbons (Fsp3) is 0.250. The lowest BCUT2D eigenvalue weighted by Crippen LogP contribution is -2.36. The Morgan fingerprint density at radius 3 is 2.21 bits per heavy atom. The number of hydrogen-bond donors (Lipinski definition) is 1. The van der Waals surface area contributed by atoms with Gasteiger partial charge in [-0.05, 0) is 72.5 Å². The first-order valence-electron chi connectivity index (χ1n) is 11.3. The molecule has 4 rings (SSSR count). The first-order chi connectivity index (χ1) is 16.1. The van der Waals surface area contributed by atoms with Gasteiger partial charge in [-0.15, -0.1) is 0 Å². The molecule has 0 radical (unpaired) electrons. The Morgan fingerprint density at radius 1 is 0.970 bits per heavy atom. The fourth-order valence-corrected chi connectivity index (χ4v) is 4.15. The Kier molecular flexibility index (Phi) is 7.95. The Hall–Kier alpha value is -2.92. The number of nitrogens with one attached hydrogen (secondary N) is 1. The molecule has 4 nitrogen and oxygen atoms in total. The molecule has 3 aromatic carbocycles. The van der Waals surface area contributed by atoms with Crippen LogP contribution in [-0.2, 0) is 16.1 Å². The quantitative estimate of drug-likeness (QED) is 0.422. The summed E-state index contributed by atoms with van der Waals surface area (Å²) in [5.74, 6) is -0.155. The molecule has 170 valence electrons. The monoisotopic (exact) mass is 460 g/mol. The Labute approximate surface area is 200 Å². The number of rotatable bonds is 7. The van der Waals surface area contributed by atoms with Crippen molar-refractivity contribution in [3.63, 3.8) is 0 Å². The van der Waals surface area contributed by atoms with Crippen LogP contribution in [0.25, 0.3) is 17.2 Å². The molecule has 0 spiro atoms. The minimum absolute atomic E-state index is 0.155. The molecular weight excluding hydrogens is 432 g/mol. The summed E-state index contributed by atoms with van der Waals surface area (Å²) < 4.78 is 5.46. The lowest BCUT2D eigenvalue weighted by Gasteiger charge is -2.31. The molecule has 0 aliphatic carbocycles. The van der Waals surface area contributed by atoms with E-state index < -0.39 is 0 Å². The van der Waals surface area contributed by atoms with E-state index >= 15 is 0 Å². The molecule has 5 heteroatoms. The summed E-state index contributed by atoms with van der Waals surface area (Å²) in [5, 5.41) is 3.62. The van der Waals surface area contributed by atoms with Crippen LogP contribution in [0.4, 0.5) is 5.69 Å². The molecule has 0 atom stereocenters. The number of anilines is 1. The van der Waals surface area contributed by atoms with Crippen molar-refractivity contribution in [3.8, 4) is 11.1 Å². The van der Waals surface area contributed by atoms with Gasteiger partial charge in [0.1, 0.15) is 0 Å². The third kappa shape index (κ3) is 6.78. The molecule has 1 amide bonds. The summed E-state index contributed by atoms with van der Waals surface area (Å²) in [4.78, 5) is 14.7. The second-order valence-corrected chi connectivity index (χ2v) is 8.84. The van der Waals surface area contributed by atoms with Crippen molar-refractivity contribution in [1.29, 1.82) is 0 Å². The van der Waals surface area contributed by atoms with Gasteiger partial charge < -0.3 is 10.1 Å². The van der Waals surface area contributed by atoms with E-state index in [9.17, 15) is 4.79 Å². The second-order valence-electron chi connectivity index (χ2n) is 8.41. The van der Waals surface area contributed by atoms with Crippen molar-refractivity contribution >= 4 is 29.3 Å². The predicted octanol–water partition coefficient (Wildman–Crippen LogP) is 6.27. The van der Waals surface area contributed by atoms with Gasteiger partial charge in [-0.3, -0.25) is 9.69 Å². The average Bonchev–Trinajstić information content (AvgIpc) is 2.85. The predicted molar refractivity (Wildman–Crippen MR) is 136 cm³/mol.